The molecule has 0 aliphatic carbocycles. The molecule has 0 radical (unpaired) electrons. The predicted octanol–water partition coefficient (Wildman–Crippen LogP) is 2.69. The summed E-state index contributed by atoms with van der Waals surface area (Å²) in [6.07, 6.45) is 1.79. The number of halogens is 1. The molecule has 0 unspecified atom stereocenters. The van der Waals surface area contributed by atoms with Crippen molar-refractivity contribution in [1.82, 2.24) is 15.3 Å². The Kier molecular flexibility index (Phi) is 3.45. The third-order valence-corrected chi connectivity index (χ3v) is 3.48. The van der Waals surface area contributed by atoms with Gasteiger partial charge in [-0.3, -0.25) is 0 Å². The molecule has 0 aliphatic heterocycles. The quantitative estimate of drug-likeness (QED) is 0.941. The zero-order valence-corrected chi connectivity index (χ0v) is 10.6. The molecular weight excluding hydrogens is 274 g/mol. The van der Waals surface area contributed by atoms with Crippen molar-refractivity contribution in [2.24, 2.45) is 0 Å². The molecule has 1 N–H and O–H groups in total. The Bertz CT molecular complexity index is 455. The molecule has 0 aromatic carbocycles. The molecule has 2 aromatic heterocycles. The molecule has 0 amide bonds. The van der Waals surface area contributed by atoms with Crippen molar-refractivity contribution in [2.75, 3.05) is 7.05 Å². The smallest absolute Gasteiger partial charge is 0.169 e. The van der Waals surface area contributed by atoms with Crippen LogP contribution in [0.1, 0.15) is 5.69 Å². The van der Waals surface area contributed by atoms with Gasteiger partial charge in [-0.05, 0) is 41.2 Å². The van der Waals surface area contributed by atoms with Crippen LogP contribution in [-0.4, -0.2) is 17.0 Å². The van der Waals surface area contributed by atoms with Crippen molar-refractivity contribution in [2.45, 2.75) is 6.54 Å². The topological polar surface area (TPSA) is 37.8 Å². The van der Waals surface area contributed by atoms with Gasteiger partial charge >= 0.3 is 0 Å². The maximum absolute atomic E-state index is 4.46. The number of nitrogens with zero attached hydrogens (tertiary/aromatic N) is 2. The number of hydrogen-bond acceptors (Lipinski definition) is 4. The molecule has 5 heteroatoms. The maximum Gasteiger partial charge on any atom is 0.169 e. The molecule has 0 spiro atoms. The van der Waals surface area contributed by atoms with Gasteiger partial charge in [-0.15, -0.1) is 11.3 Å². The molecule has 0 atom stereocenters. The van der Waals surface area contributed by atoms with Crippen LogP contribution in [0.5, 0.6) is 0 Å². The predicted molar refractivity (Wildman–Crippen MR) is 65.8 cm³/mol. The Hall–Kier alpha value is -0.780. The van der Waals surface area contributed by atoms with Crippen LogP contribution >= 0.6 is 27.3 Å². The van der Waals surface area contributed by atoms with E-state index in [9.17, 15) is 0 Å². The van der Waals surface area contributed by atoms with Gasteiger partial charge in [-0.25, -0.2) is 9.97 Å². The van der Waals surface area contributed by atoms with Crippen LogP contribution in [0.2, 0.25) is 0 Å². The maximum atomic E-state index is 4.46. The first-order valence-corrected chi connectivity index (χ1v) is 6.13. The third kappa shape index (κ3) is 2.62. The highest BCUT2D eigenvalue weighted by Crippen LogP contribution is 2.28. The average Bonchev–Trinajstić information content (AvgIpc) is 2.66. The molecule has 3 nitrogen and oxygen atoms in total. The number of aromatic nitrogens is 2. The third-order valence-electron chi connectivity index (χ3n) is 1.86. The molecule has 0 saturated heterocycles. The van der Waals surface area contributed by atoms with Gasteiger partial charge in [0.2, 0.25) is 0 Å². The van der Waals surface area contributed by atoms with Gasteiger partial charge in [0.1, 0.15) is 0 Å². The van der Waals surface area contributed by atoms with Crippen molar-refractivity contribution < 1.29 is 0 Å². The summed E-state index contributed by atoms with van der Waals surface area (Å²) in [7, 11) is 1.91. The van der Waals surface area contributed by atoms with E-state index >= 15 is 0 Å². The Balaban J connectivity index is 2.32. The van der Waals surface area contributed by atoms with Crippen LogP contribution in [0.25, 0.3) is 10.7 Å². The number of nitrogens with one attached hydrogen (secondary N) is 1. The zero-order chi connectivity index (χ0) is 10.7. The summed E-state index contributed by atoms with van der Waals surface area (Å²) < 4.78 is 1.10. The van der Waals surface area contributed by atoms with Gasteiger partial charge in [0, 0.05) is 12.7 Å². The van der Waals surface area contributed by atoms with Gasteiger partial charge in [0.25, 0.3) is 0 Å². The fraction of sp³-hybridized carbons (Fsp3) is 0.200. The Morgan fingerprint density at radius 2 is 2.27 bits per heavy atom. The molecule has 15 heavy (non-hydrogen) atoms. The second-order valence-corrected chi connectivity index (χ2v) is 5.47. The summed E-state index contributed by atoms with van der Waals surface area (Å²) in [6.45, 7) is 0.766. The molecule has 2 aromatic rings. The van der Waals surface area contributed by atoms with Gasteiger partial charge in [-0.2, -0.15) is 0 Å². The Morgan fingerprint density at radius 3 is 2.93 bits per heavy atom. The minimum atomic E-state index is 0.766. The highest BCUT2D eigenvalue weighted by Gasteiger charge is 2.04. The largest absolute Gasteiger partial charge is 0.314 e. The van der Waals surface area contributed by atoms with Gasteiger partial charge < -0.3 is 5.32 Å². The summed E-state index contributed by atoms with van der Waals surface area (Å²) >= 11 is 5.07. The Morgan fingerprint density at radius 1 is 1.40 bits per heavy atom. The van der Waals surface area contributed by atoms with E-state index in [4.69, 9.17) is 0 Å². The summed E-state index contributed by atoms with van der Waals surface area (Å²) in [5.74, 6) is 0.790. The molecular formula is C10H10BrN3S. The van der Waals surface area contributed by atoms with Crippen molar-refractivity contribution in [3.63, 3.8) is 0 Å². The first kappa shape index (κ1) is 10.7. The zero-order valence-electron chi connectivity index (χ0n) is 8.20. The molecule has 78 valence electrons. The first-order chi connectivity index (χ1) is 7.29. The van der Waals surface area contributed by atoms with Crippen LogP contribution in [-0.2, 0) is 6.54 Å². The lowest BCUT2D eigenvalue weighted by molar-refractivity contribution is 0.788. The SMILES string of the molecule is CNCc1ccnc(-c2ccc(Br)s2)n1. The average molecular weight is 284 g/mol. The monoisotopic (exact) mass is 283 g/mol. The first-order valence-electron chi connectivity index (χ1n) is 4.52. The lowest BCUT2D eigenvalue weighted by atomic mass is 10.3. The number of thiophene rings is 1. The van der Waals surface area contributed by atoms with E-state index in [1.54, 1.807) is 17.5 Å². The molecule has 0 saturated carbocycles. The van der Waals surface area contributed by atoms with E-state index < -0.39 is 0 Å². The molecule has 2 heterocycles. The van der Waals surface area contributed by atoms with Crippen LogP contribution in [0, 0.1) is 0 Å². The number of hydrogen-bond donors (Lipinski definition) is 1. The van der Waals surface area contributed by atoms with E-state index in [0.29, 0.717) is 0 Å². The minimum Gasteiger partial charge on any atom is -0.314 e. The van der Waals surface area contributed by atoms with Gasteiger partial charge in [0.05, 0.1) is 14.4 Å². The normalized spacial score (nSPS) is 10.5. The molecule has 2 rings (SSSR count). The van der Waals surface area contributed by atoms with Crippen molar-refractivity contribution >= 4 is 27.3 Å². The van der Waals surface area contributed by atoms with Crippen LogP contribution < -0.4 is 5.32 Å². The summed E-state index contributed by atoms with van der Waals surface area (Å²) in [5.41, 5.74) is 1.01. The van der Waals surface area contributed by atoms with Crippen molar-refractivity contribution in [3.8, 4) is 10.7 Å². The fourth-order valence-corrected chi connectivity index (χ4v) is 2.56. The fourth-order valence-electron chi connectivity index (χ4n) is 1.23. The van der Waals surface area contributed by atoms with Crippen molar-refractivity contribution in [3.05, 3.63) is 33.9 Å². The molecule has 0 fully saturated rings. The Labute approximate surface area is 101 Å². The standard InChI is InChI=1S/C10H10BrN3S/c1-12-6-7-4-5-13-10(14-7)8-2-3-9(11)15-8/h2-5,12H,6H2,1H3. The van der Waals surface area contributed by atoms with E-state index in [-0.39, 0.29) is 0 Å². The lowest BCUT2D eigenvalue weighted by Crippen LogP contribution is -2.07. The summed E-state index contributed by atoms with van der Waals surface area (Å²) in [4.78, 5) is 9.80. The lowest BCUT2D eigenvalue weighted by Gasteiger charge is -2.00. The highest BCUT2D eigenvalue weighted by atomic mass is 79.9. The van der Waals surface area contributed by atoms with Gasteiger partial charge in [0.15, 0.2) is 5.82 Å². The second-order valence-electron chi connectivity index (χ2n) is 3.01. The minimum absolute atomic E-state index is 0.766. The van der Waals surface area contributed by atoms with Gasteiger partial charge in [-0.1, -0.05) is 0 Å². The van der Waals surface area contributed by atoms with E-state index in [2.05, 4.69) is 31.2 Å². The van der Waals surface area contributed by atoms with Crippen LogP contribution in [0.3, 0.4) is 0 Å². The van der Waals surface area contributed by atoms with Crippen LogP contribution in [0.15, 0.2) is 28.2 Å². The van der Waals surface area contributed by atoms with Crippen LogP contribution in [0.4, 0.5) is 0 Å². The number of rotatable bonds is 3. The van der Waals surface area contributed by atoms with E-state index in [1.807, 2.05) is 25.2 Å². The molecule has 0 bridgehead atoms. The highest BCUT2D eigenvalue weighted by molar-refractivity contribution is 9.11. The summed E-state index contributed by atoms with van der Waals surface area (Å²) in [5, 5.41) is 3.07. The van der Waals surface area contributed by atoms with Crippen molar-refractivity contribution in [1.29, 1.82) is 0 Å². The van der Waals surface area contributed by atoms with E-state index in [1.165, 1.54) is 0 Å². The second kappa shape index (κ2) is 4.83. The molecule has 0 aliphatic rings. The van der Waals surface area contributed by atoms with E-state index in [0.717, 1.165) is 26.7 Å². The summed E-state index contributed by atoms with van der Waals surface area (Å²) in [6, 6.07) is 5.95.